The highest BCUT2D eigenvalue weighted by Crippen LogP contribution is 2.18. The van der Waals surface area contributed by atoms with Gasteiger partial charge in [0.15, 0.2) is 0 Å². The number of ether oxygens (including phenoxy) is 3. The zero-order valence-electron chi connectivity index (χ0n) is 10.4. The van der Waals surface area contributed by atoms with Gasteiger partial charge in [0.1, 0.15) is 11.5 Å². The molecule has 0 heterocycles. The Morgan fingerprint density at radius 1 is 1.06 bits per heavy atom. The third-order valence-electron chi connectivity index (χ3n) is 2.24. The zero-order valence-corrected chi connectivity index (χ0v) is 10.4. The fourth-order valence-corrected chi connectivity index (χ4v) is 1.33. The predicted octanol–water partition coefficient (Wildman–Crippen LogP) is 1.83. The monoisotopic (exact) mass is 239 g/mol. The molecule has 4 heteroatoms. The maximum Gasteiger partial charge on any atom is 0.122 e. The van der Waals surface area contributed by atoms with Crippen LogP contribution in [0, 0.1) is 0 Å². The molecule has 0 aliphatic rings. The molecule has 1 aromatic rings. The van der Waals surface area contributed by atoms with Crippen LogP contribution in [0.2, 0.25) is 0 Å². The van der Waals surface area contributed by atoms with Gasteiger partial charge in [0.25, 0.3) is 0 Å². The van der Waals surface area contributed by atoms with E-state index in [-0.39, 0.29) is 0 Å². The molecule has 1 aromatic carbocycles. The topological polar surface area (TPSA) is 53.7 Å². The Hall–Kier alpha value is -1.26. The molecule has 17 heavy (non-hydrogen) atoms. The van der Waals surface area contributed by atoms with Crippen LogP contribution in [0.3, 0.4) is 0 Å². The Morgan fingerprint density at radius 3 is 2.59 bits per heavy atom. The van der Waals surface area contributed by atoms with E-state index in [4.69, 9.17) is 19.9 Å². The SMILES string of the molecule is COc1cccc(OCCCOCCCN)c1. The summed E-state index contributed by atoms with van der Waals surface area (Å²) in [7, 11) is 1.64. The fourth-order valence-electron chi connectivity index (χ4n) is 1.33. The summed E-state index contributed by atoms with van der Waals surface area (Å²) in [5, 5.41) is 0. The van der Waals surface area contributed by atoms with E-state index >= 15 is 0 Å². The molecular weight excluding hydrogens is 218 g/mol. The minimum atomic E-state index is 0.649. The first-order valence-electron chi connectivity index (χ1n) is 5.91. The highest BCUT2D eigenvalue weighted by molar-refractivity contribution is 5.32. The molecule has 1 rings (SSSR count). The van der Waals surface area contributed by atoms with Gasteiger partial charge >= 0.3 is 0 Å². The highest BCUT2D eigenvalue weighted by Gasteiger charge is 1.96. The van der Waals surface area contributed by atoms with E-state index in [0.29, 0.717) is 19.8 Å². The second-order valence-electron chi connectivity index (χ2n) is 3.64. The van der Waals surface area contributed by atoms with E-state index in [9.17, 15) is 0 Å². The summed E-state index contributed by atoms with van der Waals surface area (Å²) in [5.41, 5.74) is 5.36. The summed E-state index contributed by atoms with van der Waals surface area (Å²) >= 11 is 0. The summed E-state index contributed by atoms with van der Waals surface area (Å²) in [5.74, 6) is 1.63. The molecule has 0 aliphatic heterocycles. The van der Waals surface area contributed by atoms with Gasteiger partial charge in [0, 0.05) is 25.7 Å². The molecule has 0 atom stereocenters. The van der Waals surface area contributed by atoms with E-state index in [2.05, 4.69) is 0 Å². The third kappa shape index (κ3) is 6.14. The molecule has 0 aromatic heterocycles. The minimum Gasteiger partial charge on any atom is -0.497 e. The molecule has 0 radical (unpaired) electrons. The van der Waals surface area contributed by atoms with Crippen molar-refractivity contribution >= 4 is 0 Å². The lowest BCUT2D eigenvalue weighted by atomic mass is 10.3. The number of methoxy groups -OCH3 is 1. The predicted molar refractivity (Wildman–Crippen MR) is 67.6 cm³/mol. The van der Waals surface area contributed by atoms with E-state index in [1.807, 2.05) is 24.3 Å². The Labute approximate surface area is 103 Å². The quantitative estimate of drug-likeness (QED) is 0.668. The van der Waals surface area contributed by atoms with Crippen LogP contribution in [0.15, 0.2) is 24.3 Å². The minimum absolute atomic E-state index is 0.649. The van der Waals surface area contributed by atoms with E-state index in [1.54, 1.807) is 7.11 Å². The van der Waals surface area contributed by atoms with Gasteiger partial charge in [-0.1, -0.05) is 6.07 Å². The third-order valence-corrected chi connectivity index (χ3v) is 2.24. The lowest BCUT2D eigenvalue weighted by Crippen LogP contribution is -2.07. The van der Waals surface area contributed by atoms with Crippen LogP contribution in [0.4, 0.5) is 0 Å². The van der Waals surface area contributed by atoms with Crippen LogP contribution in [-0.2, 0) is 4.74 Å². The van der Waals surface area contributed by atoms with Crippen LogP contribution in [0.5, 0.6) is 11.5 Å². The fraction of sp³-hybridized carbons (Fsp3) is 0.538. The molecule has 0 saturated heterocycles. The molecular formula is C13H21NO3. The number of benzene rings is 1. The van der Waals surface area contributed by atoms with Crippen molar-refractivity contribution < 1.29 is 14.2 Å². The first kappa shape index (κ1) is 13.8. The standard InChI is InChI=1S/C13H21NO3/c1-15-12-5-2-6-13(11-12)17-10-4-9-16-8-3-7-14/h2,5-6,11H,3-4,7-10,14H2,1H3. The molecule has 0 amide bonds. The van der Waals surface area contributed by atoms with Crippen molar-refractivity contribution in [2.45, 2.75) is 12.8 Å². The molecule has 4 nitrogen and oxygen atoms in total. The Morgan fingerprint density at radius 2 is 1.82 bits per heavy atom. The van der Waals surface area contributed by atoms with Crippen molar-refractivity contribution in [2.24, 2.45) is 5.73 Å². The smallest absolute Gasteiger partial charge is 0.122 e. The second-order valence-corrected chi connectivity index (χ2v) is 3.64. The summed E-state index contributed by atoms with van der Waals surface area (Å²) in [6.07, 6.45) is 1.79. The van der Waals surface area contributed by atoms with E-state index in [1.165, 1.54) is 0 Å². The number of nitrogens with two attached hydrogens (primary N) is 1. The first-order valence-corrected chi connectivity index (χ1v) is 5.91. The molecule has 2 N–H and O–H groups in total. The Kier molecular flexibility index (Phi) is 7.18. The molecule has 0 saturated carbocycles. The van der Waals surface area contributed by atoms with Gasteiger partial charge in [0.2, 0.25) is 0 Å². The molecule has 0 fully saturated rings. The normalized spacial score (nSPS) is 10.2. The van der Waals surface area contributed by atoms with Crippen molar-refractivity contribution in [3.63, 3.8) is 0 Å². The molecule has 0 aliphatic carbocycles. The highest BCUT2D eigenvalue weighted by atomic mass is 16.5. The van der Waals surface area contributed by atoms with E-state index in [0.717, 1.165) is 30.9 Å². The van der Waals surface area contributed by atoms with Crippen molar-refractivity contribution in [1.82, 2.24) is 0 Å². The zero-order chi connectivity index (χ0) is 12.3. The summed E-state index contributed by atoms with van der Waals surface area (Å²) in [6, 6.07) is 7.59. The average Bonchev–Trinajstić information content (AvgIpc) is 2.38. The van der Waals surface area contributed by atoms with Gasteiger partial charge in [-0.15, -0.1) is 0 Å². The number of hydrogen-bond donors (Lipinski definition) is 1. The summed E-state index contributed by atoms with van der Waals surface area (Å²) < 4.78 is 16.1. The van der Waals surface area contributed by atoms with Gasteiger partial charge in [-0.25, -0.2) is 0 Å². The van der Waals surface area contributed by atoms with Crippen LogP contribution in [-0.4, -0.2) is 33.5 Å². The largest absolute Gasteiger partial charge is 0.497 e. The van der Waals surface area contributed by atoms with Gasteiger partial charge in [-0.2, -0.15) is 0 Å². The van der Waals surface area contributed by atoms with E-state index < -0.39 is 0 Å². The van der Waals surface area contributed by atoms with Crippen LogP contribution in [0.25, 0.3) is 0 Å². The Bertz CT molecular complexity index is 304. The number of hydrogen-bond acceptors (Lipinski definition) is 4. The molecule has 96 valence electrons. The lowest BCUT2D eigenvalue weighted by Gasteiger charge is -2.07. The second kappa shape index (κ2) is 8.84. The lowest BCUT2D eigenvalue weighted by molar-refractivity contribution is 0.118. The first-order chi connectivity index (χ1) is 8.36. The molecule has 0 bridgehead atoms. The maximum atomic E-state index is 5.57. The van der Waals surface area contributed by atoms with Gasteiger partial charge in [-0.3, -0.25) is 0 Å². The summed E-state index contributed by atoms with van der Waals surface area (Å²) in [4.78, 5) is 0. The molecule has 0 unspecified atom stereocenters. The summed E-state index contributed by atoms with van der Waals surface area (Å²) in [6.45, 7) is 2.77. The van der Waals surface area contributed by atoms with Gasteiger partial charge in [0.05, 0.1) is 13.7 Å². The van der Waals surface area contributed by atoms with Crippen LogP contribution in [0.1, 0.15) is 12.8 Å². The maximum absolute atomic E-state index is 5.57. The van der Waals surface area contributed by atoms with Crippen molar-refractivity contribution in [3.05, 3.63) is 24.3 Å². The van der Waals surface area contributed by atoms with Crippen LogP contribution >= 0.6 is 0 Å². The average molecular weight is 239 g/mol. The van der Waals surface area contributed by atoms with Crippen molar-refractivity contribution in [1.29, 1.82) is 0 Å². The van der Waals surface area contributed by atoms with Crippen molar-refractivity contribution in [2.75, 3.05) is 33.5 Å². The van der Waals surface area contributed by atoms with Crippen molar-refractivity contribution in [3.8, 4) is 11.5 Å². The molecule has 0 spiro atoms. The van der Waals surface area contributed by atoms with Gasteiger partial charge in [-0.05, 0) is 25.1 Å². The Balaban J connectivity index is 2.09. The number of rotatable bonds is 9. The van der Waals surface area contributed by atoms with Gasteiger partial charge < -0.3 is 19.9 Å². The van der Waals surface area contributed by atoms with Crippen LogP contribution < -0.4 is 15.2 Å².